The molecule has 1 aliphatic heterocycles. The number of hydrogen-bond donors (Lipinski definition) is 0. The first-order chi connectivity index (χ1) is 6.41. The van der Waals surface area contributed by atoms with Crippen molar-refractivity contribution in [1.82, 2.24) is 0 Å². The molecule has 78 valence electrons. The van der Waals surface area contributed by atoms with Gasteiger partial charge in [0.25, 0.3) is 0 Å². The second-order valence-corrected chi connectivity index (χ2v) is 3.86. The first kappa shape index (κ1) is 9.49. The molecular formula is C10H12F2O2. The molecule has 0 spiro atoms. The first-order valence-corrected chi connectivity index (χ1v) is 4.59. The van der Waals surface area contributed by atoms with Crippen LogP contribution in [0.1, 0.15) is 20.8 Å². The standard InChI is InChI=1S/C10H12F2O2/c1-5-4-6(2)8-9(7(5)3)14-10(11,12)13-8/h4-5,7H,1-3H3. The van der Waals surface area contributed by atoms with Crippen molar-refractivity contribution in [1.29, 1.82) is 0 Å². The monoisotopic (exact) mass is 202 g/mol. The molecule has 4 heteroatoms. The molecule has 0 radical (unpaired) electrons. The van der Waals surface area contributed by atoms with E-state index in [1.165, 1.54) is 0 Å². The Bertz CT molecular complexity index is 331. The van der Waals surface area contributed by atoms with Crippen LogP contribution in [0.5, 0.6) is 0 Å². The maximum Gasteiger partial charge on any atom is 0.585 e. The largest absolute Gasteiger partial charge is 0.585 e. The zero-order valence-corrected chi connectivity index (χ0v) is 8.30. The molecule has 0 amide bonds. The van der Waals surface area contributed by atoms with Gasteiger partial charge in [-0.25, -0.2) is 0 Å². The lowest BCUT2D eigenvalue weighted by Crippen LogP contribution is -2.18. The quantitative estimate of drug-likeness (QED) is 0.601. The van der Waals surface area contributed by atoms with Gasteiger partial charge in [0.1, 0.15) is 0 Å². The highest BCUT2D eigenvalue weighted by atomic mass is 19.3. The molecule has 2 unspecified atom stereocenters. The summed E-state index contributed by atoms with van der Waals surface area (Å²) in [6, 6.07) is 0. The second kappa shape index (κ2) is 2.72. The Kier molecular flexibility index (Phi) is 1.84. The lowest BCUT2D eigenvalue weighted by Gasteiger charge is -2.21. The van der Waals surface area contributed by atoms with Gasteiger partial charge in [0, 0.05) is 5.92 Å². The summed E-state index contributed by atoms with van der Waals surface area (Å²) in [5.74, 6) is 0.636. The highest BCUT2D eigenvalue weighted by Crippen LogP contribution is 2.44. The molecule has 0 saturated heterocycles. The number of ether oxygens (including phenoxy) is 2. The minimum Gasteiger partial charge on any atom is -0.400 e. The van der Waals surface area contributed by atoms with Crippen LogP contribution in [0.25, 0.3) is 0 Å². The summed E-state index contributed by atoms with van der Waals surface area (Å²) in [6.45, 7) is 5.58. The van der Waals surface area contributed by atoms with Gasteiger partial charge in [-0.2, -0.15) is 0 Å². The van der Waals surface area contributed by atoms with E-state index in [2.05, 4.69) is 9.47 Å². The maximum atomic E-state index is 12.8. The molecule has 0 aromatic heterocycles. The Hall–Kier alpha value is -1.06. The molecule has 0 aromatic rings. The summed E-state index contributed by atoms with van der Waals surface area (Å²) in [7, 11) is 0. The van der Waals surface area contributed by atoms with Crippen molar-refractivity contribution in [3.63, 3.8) is 0 Å². The van der Waals surface area contributed by atoms with Gasteiger partial charge in [0.2, 0.25) is 0 Å². The molecular weight excluding hydrogens is 190 g/mol. The van der Waals surface area contributed by atoms with E-state index < -0.39 is 6.29 Å². The van der Waals surface area contributed by atoms with Gasteiger partial charge in [-0.15, -0.1) is 8.78 Å². The van der Waals surface area contributed by atoms with Crippen LogP contribution in [0.3, 0.4) is 0 Å². The van der Waals surface area contributed by atoms with E-state index in [9.17, 15) is 8.78 Å². The fraction of sp³-hybridized carbons (Fsp3) is 0.600. The van der Waals surface area contributed by atoms with Crippen molar-refractivity contribution in [3.05, 3.63) is 23.2 Å². The van der Waals surface area contributed by atoms with Crippen LogP contribution in [0, 0.1) is 11.8 Å². The van der Waals surface area contributed by atoms with Crippen LogP contribution in [0.15, 0.2) is 23.2 Å². The number of hydrogen-bond acceptors (Lipinski definition) is 2. The molecule has 1 heterocycles. The van der Waals surface area contributed by atoms with Crippen LogP contribution >= 0.6 is 0 Å². The van der Waals surface area contributed by atoms with E-state index in [4.69, 9.17) is 0 Å². The first-order valence-electron chi connectivity index (χ1n) is 4.59. The van der Waals surface area contributed by atoms with E-state index in [0.717, 1.165) is 5.57 Å². The Morgan fingerprint density at radius 3 is 2.57 bits per heavy atom. The van der Waals surface area contributed by atoms with Crippen LogP contribution in [-0.2, 0) is 9.47 Å². The highest BCUT2D eigenvalue weighted by molar-refractivity contribution is 5.34. The van der Waals surface area contributed by atoms with Crippen molar-refractivity contribution < 1.29 is 18.3 Å². The molecule has 0 saturated carbocycles. The highest BCUT2D eigenvalue weighted by Gasteiger charge is 2.48. The van der Waals surface area contributed by atoms with Crippen molar-refractivity contribution in [3.8, 4) is 0 Å². The predicted molar refractivity (Wildman–Crippen MR) is 46.2 cm³/mol. The smallest absolute Gasteiger partial charge is 0.400 e. The second-order valence-electron chi connectivity index (χ2n) is 3.86. The third-order valence-corrected chi connectivity index (χ3v) is 2.75. The minimum absolute atomic E-state index is 0.0536. The molecule has 2 atom stereocenters. The Morgan fingerprint density at radius 1 is 1.29 bits per heavy atom. The normalized spacial score (nSPS) is 34.5. The number of allylic oxidation sites excluding steroid dienone is 3. The Balaban J connectivity index is 2.36. The zero-order chi connectivity index (χ0) is 10.5. The maximum absolute atomic E-state index is 12.8. The molecule has 2 rings (SSSR count). The van der Waals surface area contributed by atoms with Crippen molar-refractivity contribution in [2.24, 2.45) is 11.8 Å². The number of rotatable bonds is 0. The molecule has 0 aromatic carbocycles. The molecule has 2 aliphatic rings. The number of halogens is 2. The van der Waals surface area contributed by atoms with Crippen LogP contribution in [-0.4, -0.2) is 6.29 Å². The van der Waals surface area contributed by atoms with Gasteiger partial charge in [0.05, 0.1) is 0 Å². The lowest BCUT2D eigenvalue weighted by atomic mass is 9.86. The predicted octanol–water partition coefficient (Wildman–Crippen LogP) is 3.03. The Labute approximate surface area is 81.2 Å². The molecule has 0 N–H and O–H groups in total. The SMILES string of the molecule is CC1=CC(C)C(C)C2=C1OC(F)(F)O2. The van der Waals surface area contributed by atoms with Gasteiger partial charge in [-0.1, -0.05) is 19.9 Å². The molecule has 2 nitrogen and oxygen atoms in total. The fourth-order valence-electron chi connectivity index (χ4n) is 1.79. The van der Waals surface area contributed by atoms with Crippen LogP contribution in [0.2, 0.25) is 0 Å². The molecule has 0 fully saturated rings. The van der Waals surface area contributed by atoms with Crippen molar-refractivity contribution in [2.45, 2.75) is 27.1 Å². The van der Waals surface area contributed by atoms with Gasteiger partial charge in [-0.3, -0.25) is 0 Å². The third kappa shape index (κ3) is 1.29. The van der Waals surface area contributed by atoms with E-state index in [-0.39, 0.29) is 23.4 Å². The molecule has 1 aliphatic carbocycles. The Morgan fingerprint density at radius 2 is 1.93 bits per heavy atom. The lowest BCUT2D eigenvalue weighted by molar-refractivity contribution is -0.338. The van der Waals surface area contributed by atoms with Gasteiger partial charge < -0.3 is 9.47 Å². The minimum atomic E-state index is -3.49. The van der Waals surface area contributed by atoms with Crippen molar-refractivity contribution in [2.75, 3.05) is 0 Å². The summed E-state index contributed by atoms with van der Waals surface area (Å²) >= 11 is 0. The summed E-state index contributed by atoms with van der Waals surface area (Å²) in [4.78, 5) is 0. The topological polar surface area (TPSA) is 18.5 Å². The third-order valence-electron chi connectivity index (χ3n) is 2.75. The van der Waals surface area contributed by atoms with Gasteiger partial charge in [0.15, 0.2) is 11.5 Å². The van der Waals surface area contributed by atoms with E-state index >= 15 is 0 Å². The molecule has 14 heavy (non-hydrogen) atoms. The zero-order valence-electron chi connectivity index (χ0n) is 8.30. The molecule has 0 bridgehead atoms. The van der Waals surface area contributed by atoms with Gasteiger partial charge in [-0.05, 0) is 18.4 Å². The summed E-state index contributed by atoms with van der Waals surface area (Å²) in [5.41, 5.74) is 0.725. The number of alkyl halides is 2. The summed E-state index contributed by atoms with van der Waals surface area (Å²) in [5, 5.41) is 0. The van der Waals surface area contributed by atoms with E-state index in [1.807, 2.05) is 19.9 Å². The summed E-state index contributed by atoms with van der Waals surface area (Å²) in [6.07, 6.45) is -1.56. The fourth-order valence-corrected chi connectivity index (χ4v) is 1.79. The van der Waals surface area contributed by atoms with Gasteiger partial charge >= 0.3 is 6.29 Å². The van der Waals surface area contributed by atoms with Crippen LogP contribution < -0.4 is 0 Å². The van der Waals surface area contributed by atoms with Crippen molar-refractivity contribution >= 4 is 0 Å². The van der Waals surface area contributed by atoms with E-state index in [1.54, 1.807) is 6.92 Å². The van der Waals surface area contributed by atoms with E-state index in [0.29, 0.717) is 0 Å². The average Bonchev–Trinajstić information content (AvgIpc) is 2.38. The summed E-state index contributed by atoms with van der Waals surface area (Å²) < 4.78 is 34.5. The average molecular weight is 202 g/mol. The van der Waals surface area contributed by atoms with Crippen LogP contribution in [0.4, 0.5) is 8.78 Å².